The van der Waals surface area contributed by atoms with Crippen LogP contribution in [0.3, 0.4) is 0 Å². The molecule has 1 fully saturated rings. The molecular formula is C13H15BrN2O5S. The Morgan fingerprint density at radius 2 is 2.00 bits per heavy atom. The molecule has 0 aromatic heterocycles. The number of nitrogens with zero attached hydrogens (tertiary/aromatic N) is 1. The number of nitrogens with one attached hydrogen (secondary N) is 1. The van der Waals surface area contributed by atoms with Gasteiger partial charge in [-0.1, -0.05) is 15.9 Å². The molecule has 1 atom stereocenters. The lowest BCUT2D eigenvalue weighted by molar-refractivity contribution is -0.122. The third-order valence-corrected chi connectivity index (χ3v) is 5.89. The van der Waals surface area contributed by atoms with Crippen LogP contribution in [-0.4, -0.2) is 51.0 Å². The first-order chi connectivity index (χ1) is 10.4. The van der Waals surface area contributed by atoms with Gasteiger partial charge in [0.05, 0.1) is 18.9 Å². The van der Waals surface area contributed by atoms with Crippen molar-refractivity contribution in [3.8, 4) is 5.75 Å². The second-order valence-corrected chi connectivity index (χ2v) is 7.87. The van der Waals surface area contributed by atoms with Crippen molar-refractivity contribution in [1.29, 1.82) is 0 Å². The Kier molecular flexibility index (Phi) is 4.15. The maximum absolute atomic E-state index is 12.9. The lowest BCUT2D eigenvalue weighted by Gasteiger charge is -2.29. The molecule has 1 saturated heterocycles. The number of carbonyl (C=O) groups is 1. The lowest BCUT2D eigenvalue weighted by atomic mass is 10.2. The Labute approximate surface area is 136 Å². The number of morpholine rings is 1. The van der Waals surface area contributed by atoms with Crippen molar-refractivity contribution in [2.24, 2.45) is 0 Å². The van der Waals surface area contributed by atoms with Gasteiger partial charge in [-0.3, -0.25) is 4.79 Å². The fourth-order valence-corrected chi connectivity index (χ4v) is 4.55. The standard InChI is InChI=1S/C13H15BrN2O5S/c1-8-13(17)15-10-6-9(14)7-11(12(10)21-8)22(18,19)16-2-4-20-5-3-16/h6-8H,2-5H2,1H3,(H,15,17). The molecule has 9 heteroatoms. The van der Waals surface area contributed by atoms with E-state index in [0.29, 0.717) is 36.5 Å². The summed E-state index contributed by atoms with van der Waals surface area (Å²) >= 11 is 3.28. The fraction of sp³-hybridized carbons (Fsp3) is 0.462. The molecule has 0 saturated carbocycles. The van der Waals surface area contributed by atoms with Crippen LogP contribution in [0.1, 0.15) is 6.92 Å². The summed E-state index contributed by atoms with van der Waals surface area (Å²) in [7, 11) is -3.72. The molecule has 1 amide bonds. The molecule has 1 aromatic rings. The summed E-state index contributed by atoms with van der Waals surface area (Å²) in [6.07, 6.45) is -0.743. The van der Waals surface area contributed by atoms with Gasteiger partial charge in [-0.05, 0) is 19.1 Å². The molecule has 0 radical (unpaired) electrons. The number of benzene rings is 1. The number of hydrogen-bond donors (Lipinski definition) is 1. The Balaban J connectivity index is 2.09. The van der Waals surface area contributed by atoms with Gasteiger partial charge in [-0.2, -0.15) is 4.31 Å². The molecule has 0 spiro atoms. The minimum Gasteiger partial charge on any atom is -0.477 e. The summed E-state index contributed by atoms with van der Waals surface area (Å²) in [4.78, 5) is 11.7. The second-order valence-electron chi connectivity index (χ2n) is 5.05. The van der Waals surface area contributed by atoms with Gasteiger partial charge < -0.3 is 14.8 Å². The van der Waals surface area contributed by atoms with Crippen LogP contribution in [0.25, 0.3) is 0 Å². The first kappa shape index (κ1) is 15.7. The average molecular weight is 391 g/mol. The highest BCUT2D eigenvalue weighted by Gasteiger charge is 2.34. The zero-order chi connectivity index (χ0) is 15.9. The molecule has 1 N–H and O–H groups in total. The molecule has 22 heavy (non-hydrogen) atoms. The lowest BCUT2D eigenvalue weighted by Crippen LogP contribution is -2.41. The van der Waals surface area contributed by atoms with Gasteiger partial charge >= 0.3 is 0 Å². The maximum Gasteiger partial charge on any atom is 0.265 e. The number of halogens is 1. The van der Waals surface area contributed by atoms with Crippen LogP contribution in [0.2, 0.25) is 0 Å². The van der Waals surface area contributed by atoms with E-state index in [2.05, 4.69) is 21.2 Å². The van der Waals surface area contributed by atoms with Crippen LogP contribution < -0.4 is 10.1 Å². The number of amides is 1. The van der Waals surface area contributed by atoms with Crippen molar-refractivity contribution in [3.05, 3.63) is 16.6 Å². The zero-order valence-corrected chi connectivity index (χ0v) is 14.2. The van der Waals surface area contributed by atoms with E-state index in [1.165, 1.54) is 10.4 Å². The van der Waals surface area contributed by atoms with E-state index >= 15 is 0 Å². The molecule has 3 rings (SSSR count). The SMILES string of the molecule is CC1Oc2c(cc(Br)cc2S(=O)(=O)N2CCOCC2)NC1=O. The smallest absolute Gasteiger partial charge is 0.265 e. The summed E-state index contributed by atoms with van der Waals surface area (Å²) in [5.74, 6) is -0.123. The molecule has 7 nitrogen and oxygen atoms in total. The van der Waals surface area contributed by atoms with Crippen molar-refractivity contribution in [2.75, 3.05) is 31.6 Å². The monoisotopic (exact) mass is 390 g/mol. The summed E-state index contributed by atoms with van der Waals surface area (Å²) < 4.78 is 38.4. The van der Waals surface area contributed by atoms with Gasteiger partial charge in [0.2, 0.25) is 10.0 Å². The van der Waals surface area contributed by atoms with E-state index in [1.807, 2.05) is 0 Å². The van der Waals surface area contributed by atoms with Gasteiger partial charge in [-0.15, -0.1) is 0 Å². The van der Waals surface area contributed by atoms with Crippen LogP contribution in [0.5, 0.6) is 5.75 Å². The summed E-state index contributed by atoms with van der Waals surface area (Å²) in [5.41, 5.74) is 0.351. The summed E-state index contributed by atoms with van der Waals surface area (Å²) in [6.45, 7) is 2.90. The number of ether oxygens (including phenoxy) is 2. The van der Waals surface area contributed by atoms with E-state index in [4.69, 9.17) is 9.47 Å². The normalized spacial score (nSPS) is 22.6. The molecule has 0 aliphatic carbocycles. The molecule has 0 bridgehead atoms. The minimum absolute atomic E-state index is 0.0469. The molecule has 1 unspecified atom stereocenters. The third kappa shape index (κ3) is 2.73. The van der Waals surface area contributed by atoms with Crippen molar-refractivity contribution >= 4 is 37.5 Å². The Morgan fingerprint density at radius 3 is 2.68 bits per heavy atom. The zero-order valence-electron chi connectivity index (χ0n) is 11.8. The highest BCUT2D eigenvalue weighted by molar-refractivity contribution is 9.10. The van der Waals surface area contributed by atoms with Crippen LogP contribution in [-0.2, 0) is 19.6 Å². The summed E-state index contributed by atoms with van der Waals surface area (Å²) in [5, 5.41) is 2.66. The fourth-order valence-electron chi connectivity index (χ4n) is 2.37. The van der Waals surface area contributed by atoms with Crippen molar-refractivity contribution in [1.82, 2.24) is 4.31 Å². The van der Waals surface area contributed by atoms with Crippen LogP contribution in [0.15, 0.2) is 21.5 Å². The van der Waals surface area contributed by atoms with Gasteiger partial charge in [0.15, 0.2) is 11.9 Å². The Bertz CT molecular complexity index is 715. The molecular weight excluding hydrogens is 376 g/mol. The van der Waals surface area contributed by atoms with Crippen LogP contribution in [0, 0.1) is 0 Å². The molecule has 120 valence electrons. The topological polar surface area (TPSA) is 84.9 Å². The van der Waals surface area contributed by atoms with E-state index in [1.54, 1.807) is 13.0 Å². The van der Waals surface area contributed by atoms with E-state index in [9.17, 15) is 13.2 Å². The molecule has 2 aliphatic rings. The number of anilines is 1. The number of carbonyl (C=O) groups excluding carboxylic acids is 1. The largest absolute Gasteiger partial charge is 0.477 e. The highest BCUT2D eigenvalue weighted by Crippen LogP contribution is 2.40. The minimum atomic E-state index is -3.72. The quantitative estimate of drug-likeness (QED) is 0.819. The number of sulfonamides is 1. The van der Waals surface area contributed by atoms with E-state index in [-0.39, 0.29) is 16.6 Å². The number of hydrogen-bond acceptors (Lipinski definition) is 5. The first-order valence-electron chi connectivity index (χ1n) is 6.78. The van der Waals surface area contributed by atoms with Gasteiger partial charge in [0.25, 0.3) is 5.91 Å². The van der Waals surface area contributed by atoms with E-state index in [0.717, 1.165) is 0 Å². The van der Waals surface area contributed by atoms with Crippen molar-refractivity contribution in [3.63, 3.8) is 0 Å². The van der Waals surface area contributed by atoms with Crippen molar-refractivity contribution < 1.29 is 22.7 Å². The second kappa shape index (κ2) is 5.80. The van der Waals surface area contributed by atoms with Gasteiger partial charge in [0.1, 0.15) is 4.90 Å². The third-order valence-electron chi connectivity index (χ3n) is 3.53. The molecule has 1 aromatic carbocycles. The predicted molar refractivity (Wildman–Crippen MR) is 82.4 cm³/mol. The van der Waals surface area contributed by atoms with Crippen LogP contribution in [0.4, 0.5) is 5.69 Å². The highest BCUT2D eigenvalue weighted by atomic mass is 79.9. The summed E-state index contributed by atoms with van der Waals surface area (Å²) in [6, 6.07) is 3.12. The molecule has 2 aliphatic heterocycles. The molecule has 2 heterocycles. The first-order valence-corrected chi connectivity index (χ1v) is 9.02. The number of rotatable bonds is 2. The average Bonchev–Trinajstić information content (AvgIpc) is 2.49. The Morgan fingerprint density at radius 1 is 1.32 bits per heavy atom. The Hall–Kier alpha value is -1.16. The van der Waals surface area contributed by atoms with Gasteiger partial charge in [-0.25, -0.2) is 8.42 Å². The number of fused-ring (bicyclic) bond motifs is 1. The maximum atomic E-state index is 12.9. The van der Waals surface area contributed by atoms with E-state index < -0.39 is 16.1 Å². The van der Waals surface area contributed by atoms with Gasteiger partial charge in [0, 0.05) is 17.6 Å². The van der Waals surface area contributed by atoms with Crippen LogP contribution >= 0.6 is 15.9 Å². The van der Waals surface area contributed by atoms with Crippen molar-refractivity contribution in [2.45, 2.75) is 17.9 Å². The predicted octanol–water partition coefficient (Wildman–Crippen LogP) is 1.19.